The minimum absolute atomic E-state index is 0.0367. The lowest BCUT2D eigenvalue weighted by atomic mass is 9.85. The van der Waals surface area contributed by atoms with E-state index < -0.39 is 0 Å². The van der Waals surface area contributed by atoms with Gasteiger partial charge in [0.15, 0.2) is 0 Å². The highest BCUT2D eigenvalue weighted by molar-refractivity contribution is 5.95. The molecule has 186 valence electrons. The van der Waals surface area contributed by atoms with E-state index in [0.717, 1.165) is 75.2 Å². The first-order valence-corrected chi connectivity index (χ1v) is 12.5. The number of hydrogen-bond acceptors (Lipinski definition) is 6. The van der Waals surface area contributed by atoms with Crippen molar-refractivity contribution >= 4 is 23.2 Å². The van der Waals surface area contributed by atoms with Gasteiger partial charge in [0.05, 0.1) is 5.69 Å². The Labute approximate surface area is 207 Å². The summed E-state index contributed by atoms with van der Waals surface area (Å²) in [7, 11) is 3.52. The number of hydrogen-bond donors (Lipinski definition) is 1. The Morgan fingerprint density at radius 3 is 2.34 bits per heavy atom. The van der Waals surface area contributed by atoms with Crippen LogP contribution in [0.4, 0.5) is 5.82 Å². The Kier molecular flexibility index (Phi) is 8.13. The number of likely N-dealkylation sites (tertiary alicyclic amines) is 2. The van der Waals surface area contributed by atoms with Crippen LogP contribution in [0.15, 0.2) is 48.8 Å². The van der Waals surface area contributed by atoms with Crippen LogP contribution in [0, 0.1) is 11.8 Å². The summed E-state index contributed by atoms with van der Waals surface area (Å²) in [5.74, 6) is 1.09. The SMILES string of the molecule is CN(C)C(=O)/C=C(\c1ccccn1)C1CCN(C(=O)C2CCN(Cc3ccnc(N)c3)CC2)CC1. The van der Waals surface area contributed by atoms with E-state index in [1.165, 1.54) is 0 Å². The van der Waals surface area contributed by atoms with Crippen LogP contribution in [0.5, 0.6) is 0 Å². The molecule has 0 bridgehead atoms. The van der Waals surface area contributed by atoms with Crippen LogP contribution < -0.4 is 5.73 Å². The fraction of sp³-hybridized carbons (Fsp3) is 0.481. The zero-order chi connectivity index (χ0) is 24.8. The number of nitrogen functional groups attached to an aromatic ring is 1. The number of nitrogens with two attached hydrogens (primary N) is 1. The summed E-state index contributed by atoms with van der Waals surface area (Å²) in [4.78, 5) is 40.3. The quantitative estimate of drug-likeness (QED) is 0.644. The number of aromatic nitrogens is 2. The number of amides is 2. The maximum Gasteiger partial charge on any atom is 0.246 e. The summed E-state index contributed by atoms with van der Waals surface area (Å²) in [6.45, 7) is 4.11. The van der Waals surface area contributed by atoms with E-state index >= 15 is 0 Å². The summed E-state index contributed by atoms with van der Waals surface area (Å²) < 4.78 is 0. The normalized spacial score (nSPS) is 18.5. The van der Waals surface area contributed by atoms with Gasteiger partial charge in [0.25, 0.3) is 0 Å². The molecule has 8 heteroatoms. The van der Waals surface area contributed by atoms with Crippen LogP contribution >= 0.6 is 0 Å². The molecule has 0 aliphatic carbocycles. The fourth-order valence-electron chi connectivity index (χ4n) is 5.05. The third kappa shape index (κ3) is 6.45. The van der Waals surface area contributed by atoms with Gasteiger partial charge in [0.1, 0.15) is 5.82 Å². The van der Waals surface area contributed by atoms with E-state index in [1.807, 2.05) is 35.2 Å². The van der Waals surface area contributed by atoms with Gasteiger partial charge in [-0.25, -0.2) is 4.98 Å². The average Bonchev–Trinajstić information content (AvgIpc) is 2.88. The molecule has 0 aromatic carbocycles. The van der Waals surface area contributed by atoms with Crippen molar-refractivity contribution in [2.45, 2.75) is 32.2 Å². The highest BCUT2D eigenvalue weighted by Gasteiger charge is 2.32. The molecular weight excluding hydrogens is 440 g/mol. The van der Waals surface area contributed by atoms with Crippen LogP contribution in [0.1, 0.15) is 36.9 Å². The van der Waals surface area contributed by atoms with Gasteiger partial charge in [-0.3, -0.25) is 19.5 Å². The van der Waals surface area contributed by atoms with Crippen LogP contribution in [-0.2, 0) is 16.1 Å². The van der Waals surface area contributed by atoms with Crippen molar-refractivity contribution in [3.63, 3.8) is 0 Å². The van der Waals surface area contributed by atoms with Crippen molar-refractivity contribution in [1.29, 1.82) is 0 Å². The molecule has 0 radical (unpaired) electrons. The first kappa shape index (κ1) is 24.9. The van der Waals surface area contributed by atoms with E-state index in [2.05, 4.69) is 14.9 Å². The molecule has 4 rings (SSSR count). The van der Waals surface area contributed by atoms with Crippen molar-refractivity contribution in [3.05, 3.63) is 60.1 Å². The van der Waals surface area contributed by atoms with Crippen molar-refractivity contribution in [3.8, 4) is 0 Å². The Bertz CT molecular complexity index is 1040. The van der Waals surface area contributed by atoms with Crippen LogP contribution in [0.3, 0.4) is 0 Å². The molecule has 8 nitrogen and oxygen atoms in total. The molecule has 2 saturated heterocycles. The second-order valence-corrected chi connectivity index (χ2v) is 9.79. The molecule has 2 aliphatic rings. The standard InChI is InChI=1S/C27H36N6O2/c1-31(2)26(34)18-23(24-5-3-4-11-29-24)21-9-15-33(16-10-21)27(35)22-7-13-32(14-8-22)19-20-6-12-30-25(28)17-20/h3-6,11-12,17-18,21-22H,7-10,13-16,19H2,1-2H3,(H2,28,30)/b23-18-. The second kappa shape index (κ2) is 11.4. The smallest absolute Gasteiger partial charge is 0.246 e. The lowest BCUT2D eigenvalue weighted by Gasteiger charge is -2.38. The van der Waals surface area contributed by atoms with Gasteiger partial charge in [-0.15, -0.1) is 0 Å². The highest BCUT2D eigenvalue weighted by Crippen LogP contribution is 2.32. The molecule has 2 amide bonds. The molecule has 35 heavy (non-hydrogen) atoms. The molecule has 0 spiro atoms. The Balaban J connectivity index is 1.31. The van der Waals surface area contributed by atoms with E-state index in [1.54, 1.807) is 37.5 Å². The van der Waals surface area contributed by atoms with Gasteiger partial charge < -0.3 is 15.5 Å². The van der Waals surface area contributed by atoms with Crippen LogP contribution in [-0.4, -0.2) is 76.8 Å². The Morgan fingerprint density at radius 2 is 1.71 bits per heavy atom. The maximum atomic E-state index is 13.3. The first-order valence-electron chi connectivity index (χ1n) is 12.5. The Hall–Kier alpha value is -3.26. The number of piperidine rings is 2. The van der Waals surface area contributed by atoms with Crippen molar-refractivity contribution in [2.24, 2.45) is 11.8 Å². The summed E-state index contributed by atoms with van der Waals surface area (Å²) in [6.07, 6.45) is 8.68. The number of carbonyl (C=O) groups is 2. The third-order valence-corrected chi connectivity index (χ3v) is 7.12. The van der Waals surface area contributed by atoms with Crippen molar-refractivity contribution < 1.29 is 9.59 Å². The number of allylic oxidation sites excluding steroid dienone is 1. The predicted octanol–water partition coefficient (Wildman–Crippen LogP) is 2.68. The monoisotopic (exact) mass is 476 g/mol. The average molecular weight is 477 g/mol. The molecule has 2 aliphatic heterocycles. The van der Waals surface area contributed by atoms with E-state index in [4.69, 9.17) is 5.73 Å². The van der Waals surface area contributed by atoms with Gasteiger partial charge in [-0.1, -0.05) is 6.07 Å². The lowest BCUT2D eigenvalue weighted by Crippen LogP contribution is -2.45. The molecule has 2 aromatic rings. The van der Waals surface area contributed by atoms with Crippen molar-refractivity contribution in [1.82, 2.24) is 24.7 Å². The van der Waals surface area contributed by atoms with Crippen LogP contribution in [0.25, 0.3) is 5.57 Å². The number of carbonyl (C=O) groups excluding carboxylic acids is 2. The van der Waals surface area contributed by atoms with Gasteiger partial charge in [-0.05, 0) is 80.1 Å². The van der Waals surface area contributed by atoms with Gasteiger partial charge >= 0.3 is 0 Å². The molecule has 0 atom stereocenters. The molecular formula is C27H36N6O2. The summed E-state index contributed by atoms with van der Waals surface area (Å²) in [5, 5.41) is 0. The lowest BCUT2D eigenvalue weighted by molar-refractivity contribution is -0.138. The molecule has 4 heterocycles. The zero-order valence-electron chi connectivity index (χ0n) is 20.8. The van der Waals surface area contributed by atoms with E-state index in [9.17, 15) is 9.59 Å². The minimum atomic E-state index is -0.0367. The van der Waals surface area contributed by atoms with Crippen molar-refractivity contribution in [2.75, 3.05) is 46.0 Å². The predicted molar refractivity (Wildman–Crippen MR) is 137 cm³/mol. The number of anilines is 1. The minimum Gasteiger partial charge on any atom is -0.384 e. The Morgan fingerprint density at radius 1 is 1.00 bits per heavy atom. The molecule has 0 saturated carbocycles. The number of pyridine rings is 2. The van der Waals surface area contributed by atoms with Gasteiger partial charge in [-0.2, -0.15) is 0 Å². The molecule has 2 N–H and O–H groups in total. The summed E-state index contributed by atoms with van der Waals surface area (Å²) in [5.41, 5.74) is 8.78. The molecule has 2 aromatic heterocycles. The fourth-order valence-corrected chi connectivity index (χ4v) is 5.05. The first-order chi connectivity index (χ1) is 16.9. The maximum absolute atomic E-state index is 13.3. The second-order valence-electron chi connectivity index (χ2n) is 9.79. The highest BCUT2D eigenvalue weighted by atomic mass is 16.2. The van der Waals surface area contributed by atoms with E-state index in [-0.39, 0.29) is 23.7 Å². The third-order valence-electron chi connectivity index (χ3n) is 7.12. The molecule has 0 unspecified atom stereocenters. The summed E-state index contributed by atoms with van der Waals surface area (Å²) in [6, 6.07) is 9.71. The number of nitrogens with zero attached hydrogens (tertiary/aromatic N) is 5. The summed E-state index contributed by atoms with van der Waals surface area (Å²) >= 11 is 0. The van der Waals surface area contributed by atoms with Gasteiger partial charge in [0.2, 0.25) is 11.8 Å². The van der Waals surface area contributed by atoms with Crippen LogP contribution in [0.2, 0.25) is 0 Å². The topological polar surface area (TPSA) is 95.7 Å². The number of rotatable bonds is 6. The molecule has 2 fully saturated rings. The van der Waals surface area contributed by atoms with E-state index in [0.29, 0.717) is 5.82 Å². The zero-order valence-corrected chi connectivity index (χ0v) is 20.8. The number of likely N-dealkylation sites (N-methyl/N-ethyl adjacent to an activating group) is 1. The van der Waals surface area contributed by atoms with Gasteiger partial charge in [0, 0.05) is 58.1 Å². The largest absolute Gasteiger partial charge is 0.384 e.